The van der Waals surface area contributed by atoms with E-state index in [1.165, 1.54) is 0 Å². The Hall–Kier alpha value is -0.950. The summed E-state index contributed by atoms with van der Waals surface area (Å²) in [5.74, 6) is -0.146. The van der Waals surface area contributed by atoms with E-state index in [1.807, 2.05) is 0 Å². The fourth-order valence-corrected chi connectivity index (χ4v) is 1.01. The zero-order valence-corrected chi connectivity index (χ0v) is 11.1. The maximum absolute atomic E-state index is 11.1. The van der Waals surface area contributed by atoms with Gasteiger partial charge in [-0.2, -0.15) is 0 Å². The molecule has 0 saturated heterocycles. The van der Waals surface area contributed by atoms with Crippen molar-refractivity contribution < 1.29 is 19.0 Å². The molecule has 3 N–H and O–H groups in total. The van der Waals surface area contributed by atoms with Crippen LogP contribution < -0.4 is 11.1 Å². The normalized spacial score (nSPS) is 10.3. The average Bonchev–Trinajstić information content (AvgIpc) is 2.35. The summed E-state index contributed by atoms with van der Waals surface area (Å²) in [6, 6.07) is 0. The summed E-state index contributed by atoms with van der Waals surface area (Å²) in [4.78, 5) is 11.1. The first kappa shape index (κ1) is 17.1. The molecule has 0 unspecified atom stereocenters. The van der Waals surface area contributed by atoms with Gasteiger partial charge < -0.3 is 25.3 Å². The monoisotopic (exact) mass is 260 g/mol. The maximum Gasteiger partial charge on any atom is 0.246 e. The summed E-state index contributed by atoms with van der Waals surface area (Å²) in [7, 11) is 0. The zero-order valence-electron chi connectivity index (χ0n) is 11.1. The lowest BCUT2D eigenvalue weighted by molar-refractivity contribution is -0.117. The summed E-state index contributed by atoms with van der Waals surface area (Å²) in [5, 5.41) is 2.67. The molecule has 6 nitrogen and oxygen atoms in total. The van der Waals surface area contributed by atoms with Gasteiger partial charge in [0.2, 0.25) is 5.91 Å². The summed E-state index contributed by atoms with van der Waals surface area (Å²) in [5.41, 5.74) is 5.75. The largest absolute Gasteiger partial charge is 0.378 e. The molecule has 0 aromatic rings. The molecule has 18 heavy (non-hydrogen) atoms. The topological polar surface area (TPSA) is 82.8 Å². The van der Waals surface area contributed by atoms with Crippen molar-refractivity contribution in [2.45, 2.75) is 6.92 Å². The van der Waals surface area contributed by atoms with Crippen molar-refractivity contribution >= 4 is 5.91 Å². The van der Waals surface area contributed by atoms with Crippen LogP contribution in [0.15, 0.2) is 12.2 Å². The van der Waals surface area contributed by atoms with E-state index in [4.69, 9.17) is 19.9 Å². The molecule has 0 heterocycles. The van der Waals surface area contributed by atoms with Gasteiger partial charge in [-0.3, -0.25) is 4.79 Å². The molecular weight excluding hydrogens is 236 g/mol. The molecule has 0 aromatic carbocycles. The standard InChI is InChI=1S/C12H24N2O4/c1-11(2)12(15)14-4-6-17-8-10-18-9-7-16-5-3-13/h1,3-10,13H2,2H3,(H,14,15). The van der Waals surface area contributed by atoms with E-state index < -0.39 is 0 Å². The molecule has 0 bridgehead atoms. The Balaban J connectivity index is 3.07. The molecule has 0 spiro atoms. The number of nitrogens with two attached hydrogens (primary N) is 1. The second kappa shape index (κ2) is 12.5. The van der Waals surface area contributed by atoms with E-state index >= 15 is 0 Å². The van der Waals surface area contributed by atoms with Crippen molar-refractivity contribution in [1.82, 2.24) is 5.32 Å². The van der Waals surface area contributed by atoms with Crippen LogP contribution in [0.5, 0.6) is 0 Å². The average molecular weight is 260 g/mol. The van der Waals surface area contributed by atoms with Crippen molar-refractivity contribution in [3.8, 4) is 0 Å². The molecule has 0 atom stereocenters. The van der Waals surface area contributed by atoms with Crippen LogP contribution in [0.3, 0.4) is 0 Å². The van der Waals surface area contributed by atoms with E-state index in [9.17, 15) is 4.79 Å². The number of ether oxygens (including phenoxy) is 3. The molecule has 1 amide bonds. The molecule has 0 aromatic heterocycles. The van der Waals surface area contributed by atoms with Gasteiger partial charge in [0.25, 0.3) is 0 Å². The Morgan fingerprint density at radius 3 is 2.06 bits per heavy atom. The highest BCUT2D eigenvalue weighted by Gasteiger charge is 1.99. The molecule has 0 radical (unpaired) electrons. The highest BCUT2D eigenvalue weighted by Crippen LogP contribution is 1.85. The Morgan fingerprint density at radius 1 is 1.06 bits per heavy atom. The number of hydrogen-bond donors (Lipinski definition) is 2. The Labute approximate surface area is 108 Å². The minimum Gasteiger partial charge on any atom is -0.378 e. The minimum absolute atomic E-state index is 0.146. The molecule has 0 rings (SSSR count). The van der Waals surface area contributed by atoms with Gasteiger partial charge in [0.15, 0.2) is 0 Å². The number of nitrogens with one attached hydrogen (secondary N) is 1. The fourth-order valence-electron chi connectivity index (χ4n) is 1.01. The van der Waals surface area contributed by atoms with E-state index in [2.05, 4.69) is 11.9 Å². The van der Waals surface area contributed by atoms with Crippen molar-refractivity contribution in [3.63, 3.8) is 0 Å². The second-order valence-corrected chi connectivity index (χ2v) is 3.66. The molecule has 106 valence electrons. The van der Waals surface area contributed by atoms with Crippen LogP contribution in [0.25, 0.3) is 0 Å². The number of rotatable bonds is 12. The van der Waals surface area contributed by atoms with Crippen molar-refractivity contribution in [2.75, 3.05) is 52.7 Å². The van der Waals surface area contributed by atoms with E-state index in [0.717, 1.165) is 0 Å². The maximum atomic E-state index is 11.1. The summed E-state index contributed by atoms with van der Waals surface area (Å²) < 4.78 is 15.6. The molecule has 0 saturated carbocycles. The highest BCUT2D eigenvalue weighted by molar-refractivity contribution is 5.91. The van der Waals surface area contributed by atoms with Gasteiger partial charge in [0, 0.05) is 18.7 Å². The highest BCUT2D eigenvalue weighted by atomic mass is 16.5. The molecule has 0 aliphatic rings. The summed E-state index contributed by atoms with van der Waals surface area (Å²) in [6.07, 6.45) is 0. The molecule has 0 aliphatic carbocycles. The van der Waals surface area contributed by atoms with Gasteiger partial charge in [-0.15, -0.1) is 0 Å². The second-order valence-electron chi connectivity index (χ2n) is 3.66. The Morgan fingerprint density at radius 2 is 1.56 bits per heavy atom. The van der Waals surface area contributed by atoms with E-state index in [-0.39, 0.29) is 5.91 Å². The van der Waals surface area contributed by atoms with E-state index in [0.29, 0.717) is 58.3 Å². The van der Waals surface area contributed by atoms with Gasteiger partial charge in [0.1, 0.15) is 0 Å². The van der Waals surface area contributed by atoms with Gasteiger partial charge in [-0.05, 0) is 6.92 Å². The van der Waals surface area contributed by atoms with Gasteiger partial charge >= 0.3 is 0 Å². The van der Waals surface area contributed by atoms with Crippen molar-refractivity contribution in [3.05, 3.63) is 12.2 Å². The third-order valence-corrected chi connectivity index (χ3v) is 1.93. The third-order valence-electron chi connectivity index (χ3n) is 1.93. The number of carbonyl (C=O) groups is 1. The van der Waals surface area contributed by atoms with Crippen LogP contribution in [-0.4, -0.2) is 58.6 Å². The van der Waals surface area contributed by atoms with Crippen LogP contribution in [-0.2, 0) is 19.0 Å². The quantitative estimate of drug-likeness (QED) is 0.371. The van der Waals surface area contributed by atoms with Crippen LogP contribution in [0.2, 0.25) is 0 Å². The van der Waals surface area contributed by atoms with E-state index in [1.54, 1.807) is 6.92 Å². The van der Waals surface area contributed by atoms with Gasteiger partial charge in [-0.1, -0.05) is 6.58 Å². The SMILES string of the molecule is C=C(C)C(=O)NCCOCCOCCOCCN. The predicted octanol–water partition coefficient (Wildman–Crippen LogP) is -0.313. The molecule has 6 heteroatoms. The summed E-state index contributed by atoms with van der Waals surface area (Å²) in [6.45, 7) is 9.32. The summed E-state index contributed by atoms with van der Waals surface area (Å²) >= 11 is 0. The third kappa shape index (κ3) is 11.5. The molecule has 0 fully saturated rings. The molecule has 0 aliphatic heterocycles. The van der Waals surface area contributed by atoms with Crippen molar-refractivity contribution in [2.24, 2.45) is 5.73 Å². The lowest BCUT2D eigenvalue weighted by Gasteiger charge is -2.07. The van der Waals surface area contributed by atoms with Gasteiger partial charge in [0.05, 0.1) is 39.6 Å². The van der Waals surface area contributed by atoms with Crippen LogP contribution in [0.1, 0.15) is 6.92 Å². The number of hydrogen-bond acceptors (Lipinski definition) is 5. The first-order valence-corrected chi connectivity index (χ1v) is 6.05. The van der Waals surface area contributed by atoms with Crippen molar-refractivity contribution in [1.29, 1.82) is 0 Å². The lowest BCUT2D eigenvalue weighted by Crippen LogP contribution is -2.27. The molecular formula is C12H24N2O4. The van der Waals surface area contributed by atoms with Crippen LogP contribution in [0, 0.1) is 0 Å². The number of amides is 1. The predicted molar refractivity (Wildman–Crippen MR) is 69.3 cm³/mol. The smallest absolute Gasteiger partial charge is 0.246 e. The first-order chi connectivity index (χ1) is 8.68. The lowest BCUT2D eigenvalue weighted by atomic mass is 10.3. The van der Waals surface area contributed by atoms with Gasteiger partial charge in [-0.25, -0.2) is 0 Å². The minimum atomic E-state index is -0.146. The number of carbonyl (C=O) groups excluding carboxylic acids is 1. The Kier molecular flexibility index (Phi) is 11.8. The van der Waals surface area contributed by atoms with Crippen LogP contribution in [0.4, 0.5) is 0 Å². The zero-order chi connectivity index (χ0) is 13.6. The first-order valence-electron chi connectivity index (χ1n) is 6.05. The van der Waals surface area contributed by atoms with Crippen LogP contribution >= 0.6 is 0 Å². The Bertz CT molecular complexity index is 234. The fraction of sp³-hybridized carbons (Fsp3) is 0.750.